The molecule has 0 aromatic carbocycles. The fraction of sp³-hybridized carbons (Fsp3) is 0.722. The summed E-state index contributed by atoms with van der Waals surface area (Å²) in [6, 6.07) is -0.899. The van der Waals surface area contributed by atoms with Crippen LogP contribution >= 0.6 is 11.8 Å². The average molecular weight is 436 g/mol. The Morgan fingerprint density at radius 2 is 1.45 bits per heavy atom. The number of rotatable bonds is 2. The van der Waals surface area contributed by atoms with Crippen LogP contribution in [0.1, 0.15) is 55.4 Å². The van der Waals surface area contributed by atoms with Gasteiger partial charge >= 0.3 is 12.2 Å². The third-order valence-corrected chi connectivity index (χ3v) is 3.18. The van der Waals surface area contributed by atoms with Crippen LogP contribution in [0.25, 0.3) is 0 Å². The van der Waals surface area contributed by atoms with Crippen molar-refractivity contribution >= 4 is 41.0 Å². The van der Waals surface area contributed by atoms with Crippen LogP contribution in [0.5, 0.6) is 0 Å². The highest BCUT2D eigenvalue weighted by atomic mass is 32.2. The molecule has 2 N–H and O–H groups in total. The van der Waals surface area contributed by atoms with Gasteiger partial charge in [-0.25, -0.2) is 9.59 Å². The molecule has 29 heavy (non-hydrogen) atoms. The number of nitrogens with one attached hydrogen (secondary N) is 1. The second kappa shape index (κ2) is 12.3. The normalized spacial score (nSPS) is 12.7. The molecule has 0 aliphatic heterocycles. The Labute approximate surface area is 176 Å². The molecular formula is C18H33N3O7S. The highest BCUT2D eigenvalue weighted by molar-refractivity contribution is 8.13. The summed E-state index contributed by atoms with van der Waals surface area (Å²) in [6.45, 7) is 13.0. The second-order valence-electron chi connectivity index (χ2n) is 7.86. The number of carbonyl (C=O) groups is 4. The van der Waals surface area contributed by atoms with E-state index in [-0.39, 0.29) is 5.17 Å². The number of ether oxygens (including phenoxy) is 2. The summed E-state index contributed by atoms with van der Waals surface area (Å²) in [5, 5.41) is 9.99. The Kier molecular flexibility index (Phi) is 12.3. The second-order valence-corrected chi connectivity index (χ2v) is 8.64. The highest BCUT2D eigenvalue weighted by Gasteiger charge is 2.25. The van der Waals surface area contributed by atoms with E-state index in [1.807, 2.05) is 0 Å². The molecule has 0 saturated heterocycles. The van der Waals surface area contributed by atoms with Crippen LogP contribution in [-0.2, 0) is 19.1 Å². The van der Waals surface area contributed by atoms with Crippen LogP contribution in [0, 0.1) is 0 Å². The molecule has 0 spiro atoms. The number of nitrogens with zero attached hydrogens (tertiary/aromatic N) is 2. The molecule has 168 valence electrons. The molecule has 0 aromatic heterocycles. The number of carboxylic acids is 1. The topological polar surface area (TPSA) is 135 Å². The smallest absolute Gasteiger partial charge is 0.416 e. The fourth-order valence-electron chi connectivity index (χ4n) is 1.40. The number of carboxylic acid groups (broad SMARTS) is 1. The summed E-state index contributed by atoms with van der Waals surface area (Å²) < 4.78 is 10.3. The van der Waals surface area contributed by atoms with E-state index in [9.17, 15) is 14.4 Å². The molecule has 0 heterocycles. The number of hydrogen-bond acceptors (Lipinski definition) is 7. The van der Waals surface area contributed by atoms with E-state index < -0.39 is 41.3 Å². The van der Waals surface area contributed by atoms with Gasteiger partial charge in [0.15, 0.2) is 5.17 Å². The lowest BCUT2D eigenvalue weighted by atomic mass is 10.2. The molecule has 0 saturated carbocycles. The molecule has 0 bridgehead atoms. The zero-order chi connectivity index (χ0) is 23.6. The maximum atomic E-state index is 12.2. The van der Waals surface area contributed by atoms with Crippen molar-refractivity contribution in [2.75, 3.05) is 13.3 Å². The molecular weight excluding hydrogens is 402 g/mol. The van der Waals surface area contributed by atoms with Crippen LogP contribution in [0.3, 0.4) is 0 Å². The Balaban J connectivity index is 0. The predicted octanol–water partition coefficient (Wildman–Crippen LogP) is 3.10. The van der Waals surface area contributed by atoms with Crippen molar-refractivity contribution in [3.05, 3.63) is 0 Å². The van der Waals surface area contributed by atoms with Crippen LogP contribution in [-0.4, -0.2) is 69.8 Å². The van der Waals surface area contributed by atoms with Crippen molar-refractivity contribution in [1.29, 1.82) is 0 Å². The lowest BCUT2D eigenvalue weighted by molar-refractivity contribution is -0.134. The lowest BCUT2D eigenvalue weighted by Gasteiger charge is -2.25. The maximum Gasteiger partial charge on any atom is 0.416 e. The van der Waals surface area contributed by atoms with Crippen molar-refractivity contribution < 1.29 is 33.8 Å². The van der Waals surface area contributed by atoms with Gasteiger partial charge in [0.1, 0.15) is 17.2 Å². The number of aliphatic imine (C=N–C) groups is 1. The lowest BCUT2D eigenvalue weighted by Crippen LogP contribution is -2.42. The number of amidine groups is 1. The van der Waals surface area contributed by atoms with Gasteiger partial charge in [-0.1, -0.05) is 11.8 Å². The number of amides is 3. The Hall–Kier alpha value is -2.30. The first-order valence-electron chi connectivity index (χ1n) is 8.72. The number of alkyl carbamates (subject to hydrolysis) is 1. The third kappa shape index (κ3) is 16.4. The molecule has 0 rings (SSSR count). The summed E-state index contributed by atoms with van der Waals surface area (Å²) in [5.41, 5.74) is -1.33. The Morgan fingerprint density at radius 1 is 1.03 bits per heavy atom. The van der Waals surface area contributed by atoms with Gasteiger partial charge in [-0.15, -0.1) is 0 Å². The van der Waals surface area contributed by atoms with E-state index in [4.69, 9.17) is 19.4 Å². The van der Waals surface area contributed by atoms with Gasteiger partial charge in [-0.3, -0.25) is 14.5 Å². The molecule has 10 nitrogen and oxygen atoms in total. The minimum absolute atomic E-state index is 0.164. The van der Waals surface area contributed by atoms with Crippen LogP contribution < -0.4 is 5.32 Å². The van der Waals surface area contributed by atoms with Gasteiger partial charge in [-0.05, 0) is 54.7 Å². The molecule has 3 amide bonds. The first-order valence-corrected chi connectivity index (χ1v) is 9.94. The largest absolute Gasteiger partial charge is 0.481 e. The van der Waals surface area contributed by atoms with Gasteiger partial charge in [0.2, 0.25) is 0 Å². The SMILES string of the molecule is CC(=O)O.CSC(=NC(=O)[C@H](C)NC(=O)OC(C)(C)C)N(C)C(=O)OC(C)(C)C. The van der Waals surface area contributed by atoms with Crippen molar-refractivity contribution in [2.45, 2.75) is 72.6 Å². The third-order valence-electron chi connectivity index (χ3n) is 2.45. The van der Waals surface area contributed by atoms with E-state index in [0.29, 0.717) is 0 Å². The van der Waals surface area contributed by atoms with Gasteiger partial charge in [-0.2, -0.15) is 4.99 Å². The van der Waals surface area contributed by atoms with E-state index in [1.54, 1.807) is 47.8 Å². The number of thioether (sulfide) groups is 1. The summed E-state index contributed by atoms with van der Waals surface area (Å²) >= 11 is 1.12. The minimum atomic E-state index is -0.899. The van der Waals surface area contributed by atoms with Crippen LogP contribution in [0.4, 0.5) is 9.59 Å². The molecule has 0 fully saturated rings. The quantitative estimate of drug-likeness (QED) is 0.499. The fourth-order valence-corrected chi connectivity index (χ4v) is 1.93. The summed E-state index contributed by atoms with van der Waals surface area (Å²) in [4.78, 5) is 50.0. The van der Waals surface area contributed by atoms with Gasteiger partial charge in [0.05, 0.1) is 0 Å². The molecule has 0 aliphatic carbocycles. The first-order chi connectivity index (χ1) is 12.9. The van der Waals surface area contributed by atoms with Crippen molar-refractivity contribution in [2.24, 2.45) is 4.99 Å². The molecule has 0 radical (unpaired) electrons. The van der Waals surface area contributed by atoms with E-state index in [0.717, 1.165) is 23.6 Å². The van der Waals surface area contributed by atoms with Crippen molar-refractivity contribution in [3.63, 3.8) is 0 Å². The minimum Gasteiger partial charge on any atom is -0.481 e. The molecule has 0 unspecified atom stereocenters. The first kappa shape index (κ1) is 28.9. The maximum absolute atomic E-state index is 12.2. The highest BCUT2D eigenvalue weighted by Crippen LogP contribution is 2.13. The van der Waals surface area contributed by atoms with Crippen LogP contribution in [0.15, 0.2) is 4.99 Å². The molecule has 0 aliphatic rings. The predicted molar refractivity (Wildman–Crippen MR) is 112 cm³/mol. The van der Waals surface area contributed by atoms with E-state index in [1.165, 1.54) is 14.0 Å². The van der Waals surface area contributed by atoms with Crippen molar-refractivity contribution in [3.8, 4) is 0 Å². The number of carbonyl (C=O) groups excluding carboxylic acids is 3. The Bertz CT molecular complexity index is 618. The summed E-state index contributed by atoms with van der Waals surface area (Å²) in [5.74, 6) is -1.44. The summed E-state index contributed by atoms with van der Waals surface area (Å²) in [7, 11) is 1.46. The number of hydrogen-bond donors (Lipinski definition) is 2. The van der Waals surface area contributed by atoms with E-state index >= 15 is 0 Å². The van der Waals surface area contributed by atoms with Crippen LogP contribution in [0.2, 0.25) is 0 Å². The van der Waals surface area contributed by atoms with E-state index in [2.05, 4.69) is 10.3 Å². The van der Waals surface area contributed by atoms with Crippen molar-refractivity contribution in [1.82, 2.24) is 10.2 Å². The van der Waals surface area contributed by atoms with Gasteiger partial charge in [0, 0.05) is 14.0 Å². The molecule has 0 aromatic rings. The molecule has 11 heteroatoms. The zero-order valence-corrected chi connectivity index (χ0v) is 19.6. The van der Waals surface area contributed by atoms with Gasteiger partial charge in [0.25, 0.3) is 11.9 Å². The van der Waals surface area contributed by atoms with Gasteiger partial charge < -0.3 is 19.9 Å². The average Bonchev–Trinajstić information content (AvgIpc) is 2.47. The Morgan fingerprint density at radius 3 is 1.79 bits per heavy atom. The summed E-state index contributed by atoms with van der Waals surface area (Å²) in [6.07, 6.45) is 0.342. The monoisotopic (exact) mass is 435 g/mol. The molecule has 1 atom stereocenters. The standard InChI is InChI=1S/C16H29N3O5S.C2H4O2/c1-10(17-13(21)23-15(2,3)4)11(20)18-12(25-9)19(8)14(22)24-16(5,6)7;1-2(3)4/h10H,1-9H3,(H,17,21);1H3,(H,3,4)/t10-;/m0./s1. The zero-order valence-electron chi connectivity index (χ0n) is 18.8. The number of aliphatic carboxylic acids is 1.